The number of carbonyl (C=O) groups excluding carboxylic acids is 3. The molecule has 4 rings (SSSR count). The predicted octanol–water partition coefficient (Wildman–Crippen LogP) is 6.90. The van der Waals surface area contributed by atoms with E-state index in [2.05, 4.69) is 37.9 Å². The molecule has 2 heterocycles. The lowest BCUT2D eigenvalue weighted by atomic mass is 10.1. The Kier molecular flexibility index (Phi) is 11.5. The second kappa shape index (κ2) is 15.3. The minimum Gasteiger partial charge on any atom is -0.339 e. The van der Waals surface area contributed by atoms with Crippen molar-refractivity contribution in [3.8, 4) is 0 Å². The highest BCUT2D eigenvalue weighted by molar-refractivity contribution is 6.05. The molecule has 0 saturated carbocycles. The van der Waals surface area contributed by atoms with Gasteiger partial charge in [-0.25, -0.2) is 4.98 Å². The van der Waals surface area contributed by atoms with Gasteiger partial charge in [0.2, 0.25) is 0 Å². The molecule has 8 nitrogen and oxygen atoms in total. The predicted molar refractivity (Wildman–Crippen MR) is 174 cm³/mol. The molecule has 3 aromatic rings. The molecule has 232 valence electrons. The fourth-order valence-electron chi connectivity index (χ4n) is 5.62. The number of aryl methyl sites for hydroxylation is 1. The zero-order valence-corrected chi connectivity index (χ0v) is 26.7. The van der Waals surface area contributed by atoms with Crippen molar-refractivity contribution in [1.29, 1.82) is 0 Å². The van der Waals surface area contributed by atoms with Gasteiger partial charge in [0.05, 0.1) is 11.0 Å². The summed E-state index contributed by atoms with van der Waals surface area (Å²) in [4.78, 5) is 48.5. The van der Waals surface area contributed by atoms with Gasteiger partial charge in [0.25, 0.3) is 11.8 Å². The standard InChI is InChI=1S/C35H49N5O3/c1-25(2)15-21-39(22-16-26(3)4)35(43)29-13-14-31-32(24-29)40(20-10-19-38-17-7-6-8-18-38)33(37-31)34(42)36-30-12-9-11-28(23-30)27(5)41/h9,11-14,23-26H,6-8,10,15-22H2,1-5H3,(H,36,42). The molecular weight excluding hydrogens is 538 g/mol. The highest BCUT2D eigenvalue weighted by atomic mass is 16.2. The number of carbonyl (C=O) groups is 3. The van der Waals surface area contributed by atoms with Gasteiger partial charge in [0.15, 0.2) is 11.6 Å². The van der Waals surface area contributed by atoms with Crippen molar-refractivity contribution in [1.82, 2.24) is 19.4 Å². The molecule has 0 radical (unpaired) electrons. The summed E-state index contributed by atoms with van der Waals surface area (Å²) in [5.74, 6) is 0.956. The number of rotatable bonds is 14. The van der Waals surface area contributed by atoms with Crippen LogP contribution in [0.15, 0.2) is 42.5 Å². The number of benzene rings is 2. The molecule has 2 amide bonds. The molecule has 43 heavy (non-hydrogen) atoms. The monoisotopic (exact) mass is 587 g/mol. The molecule has 1 aliphatic heterocycles. The Morgan fingerprint density at radius 3 is 2.23 bits per heavy atom. The third kappa shape index (κ3) is 8.99. The quantitative estimate of drug-likeness (QED) is 0.207. The summed E-state index contributed by atoms with van der Waals surface area (Å²) in [7, 11) is 0. The molecule has 1 N–H and O–H groups in total. The SMILES string of the molecule is CC(=O)c1cccc(NC(=O)c2nc3ccc(C(=O)N(CCC(C)C)CCC(C)C)cc3n2CCCN2CCCCC2)c1. The largest absolute Gasteiger partial charge is 0.339 e. The van der Waals surface area contributed by atoms with Crippen molar-refractivity contribution in [3.63, 3.8) is 0 Å². The molecule has 0 unspecified atom stereocenters. The smallest absolute Gasteiger partial charge is 0.291 e. The number of amides is 2. The molecular formula is C35H49N5O3. The first kappa shape index (κ1) is 32.4. The maximum absolute atomic E-state index is 13.8. The summed E-state index contributed by atoms with van der Waals surface area (Å²) in [6.45, 7) is 15.5. The fraction of sp³-hybridized carbons (Fsp3) is 0.543. The van der Waals surface area contributed by atoms with E-state index in [4.69, 9.17) is 4.98 Å². The molecule has 0 atom stereocenters. The Hall–Kier alpha value is -3.52. The van der Waals surface area contributed by atoms with E-state index in [0.29, 0.717) is 46.5 Å². The Bertz CT molecular complexity index is 1390. The van der Waals surface area contributed by atoms with Crippen LogP contribution in [0.5, 0.6) is 0 Å². The molecule has 0 aliphatic carbocycles. The maximum atomic E-state index is 13.8. The Labute approximate surface area is 256 Å². The van der Waals surface area contributed by atoms with Crippen LogP contribution in [-0.2, 0) is 6.54 Å². The summed E-state index contributed by atoms with van der Waals surface area (Å²) in [5, 5.41) is 2.94. The van der Waals surface area contributed by atoms with E-state index in [1.807, 2.05) is 27.7 Å². The number of nitrogens with zero attached hydrogens (tertiary/aromatic N) is 4. The van der Waals surface area contributed by atoms with Gasteiger partial charge in [-0.3, -0.25) is 14.4 Å². The first-order valence-electron chi connectivity index (χ1n) is 16.1. The number of hydrogen-bond acceptors (Lipinski definition) is 5. The molecule has 8 heteroatoms. The first-order valence-corrected chi connectivity index (χ1v) is 16.1. The average molecular weight is 588 g/mol. The molecule has 1 saturated heterocycles. The highest BCUT2D eigenvalue weighted by Gasteiger charge is 2.22. The van der Waals surface area contributed by atoms with Gasteiger partial charge in [0, 0.05) is 36.4 Å². The lowest BCUT2D eigenvalue weighted by Crippen LogP contribution is -2.34. The van der Waals surface area contributed by atoms with Gasteiger partial charge in [-0.1, -0.05) is 46.2 Å². The average Bonchev–Trinajstić information content (AvgIpc) is 3.35. The molecule has 0 bridgehead atoms. The van der Waals surface area contributed by atoms with Crippen molar-refractivity contribution in [2.24, 2.45) is 11.8 Å². The molecule has 1 aliphatic rings. The number of Topliss-reactive ketones (excluding diaryl/α,β-unsaturated/α-hetero) is 1. The summed E-state index contributed by atoms with van der Waals surface area (Å²) < 4.78 is 1.97. The summed E-state index contributed by atoms with van der Waals surface area (Å²) in [6, 6.07) is 12.6. The number of hydrogen-bond donors (Lipinski definition) is 1. The summed E-state index contributed by atoms with van der Waals surface area (Å²) in [5.41, 5.74) is 3.19. The Morgan fingerprint density at radius 2 is 1.58 bits per heavy atom. The van der Waals surface area contributed by atoms with Crippen LogP contribution in [0.2, 0.25) is 0 Å². The second-order valence-electron chi connectivity index (χ2n) is 12.8. The van der Waals surface area contributed by atoms with E-state index in [0.717, 1.165) is 57.5 Å². The van der Waals surface area contributed by atoms with Crippen LogP contribution in [0.3, 0.4) is 0 Å². The Morgan fingerprint density at radius 1 is 0.884 bits per heavy atom. The van der Waals surface area contributed by atoms with Gasteiger partial charge in [-0.2, -0.15) is 0 Å². The number of fused-ring (bicyclic) bond motifs is 1. The van der Waals surface area contributed by atoms with Gasteiger partial charge in [0.1, 0.15) is 0 Å². The third-order valence-electron chi connectivity index (χ3n) is 8.27. The number of likely N-dealkylation sites (tertiary alicyclic amines) is 1. The number of ketones is 1. The van der Waals surface area contributed by atoms with Crippen molar-refractivity contribution in [2.75, 3.05) is 38.0 Å². The lowest BCUT2D eigenvalue weighted by molar-refractivity contribution is 0.0740. The zero-order valence-electron chi connectivity index (χ0n) is 26.7. The van der Waals surface area contributed by atoms with Crippen molar-refractivity contribution in [3.05, 3.63) is 59.4 Å². The third-order valence-corrected chi connectivity index (χ3v) is 8.27. The van der Waals surface area contributed by atoms with E-state index in [9.17, 15) is 14.4 Å². The lowest BCUT2D eigenvalue weighted by Gasteiger charge is -2.26. The minimum atomic E-state index is -0.335. The van der Waals surface area contributed by atoms with Crippen LogP contribution in [0.4, 0.5) is 5.69 Å². The Balaban J connectivity index is 1.64. The molecule has 1 fully saturated rings. The van der Waals surface area contributed by atoms with Crippen molar-refractivity contribution < 1.29 is 14.4 Å². The topological polar surface area (TPSA) is 87.5 Å². The van der Waals surface area contributed by atoms with Crippen molar-refractivity contribution >= 4 is 34.3 Å². The van der Waals surface area contributed by atoms with Gasteiger partial charge in [-0.15, -0.1) is 0 Å². The van der Waals surface area contributed by atoms with Gasteiger partial charge >= 0.3 is 0 Å². The molecule has 2 aromatic carbocycles. The van der Waals surface area contributed by atoms with E-state index < -0.39 is 0 Å². The number of imidazole rings is 1. The van der Waals surface area contributed by atoms with Crippen LogP contribution in [0, 0.1) is 11.8 Å². The van der Waals surface area contributed by atoms with E-state index in [1.54, 1.807) is 24.3 Å². The van der Waals surface area contributed by atoms with Crippen LogP contribution >= 0.6 is 0 Å². The summed E-state index contributed by atoms with van der Waals surface area (Å²) >= 11 is 0. The van der Waals surface area contributed by atoms with Crippen LogP contribution < -0.4 is 5.32 Å². The van der Waals surface area contributed by atoms with E-state index >= 15 is 0 Å². The van der Waals surface area contributed by atoms with E-state index in [1.165, 1.54) is 26.2 Å². The highest BCUT2D eigenvalue weighted by Crippen LogP contribution is 2.23. The minimum absolute atomic E-state index is 0.0244. The maximum Gasteiger partial charge on any atom is 0.291 e. The van der Waals surface area contributed by atoms with Crippen molar-refractivity contribution in [2.45, 2.75) is 79.7 Å². The number of nitrogens with one attached hydrogen (secondary N) is 1. The van der Waals surface area contributed by atoms with Gasteiger partial charge in [-0.05, 0) is 101 Å². The molecule has 0 spiro atoms. The number of piperidine rings is 1. The normalized spacial score (nSPS) is 14.0. The number of aromatic nitrogens is 2. The van der Waals surface area contributed by atoms with Crippen LogP contribution in [0.25, 0.3) is 11.0 Å². The van der Waals surface area contributed by atoms with Crippen LogP contribution in [0.1, 0.15) is 104 Å². The fourth-order valence-corrected chi connectivity index (χ4v) is 5.62. The second-order valence-corrected chi connectivity index (χ2v) is 12.8. The first-order chi connectivity index (χ1) is 20.6. The zero-order chi connectivity index (χ0) is 30.9. The van der Waals surface area contributed by atoms with Gasteiger partial charge < -0.3 is 19.7 Å². The van der Waals surface area contributed by atoms with Crippen LogP contribution in [-0.4, -0.2) is 69.7 Å². The van der Waals surface area contributed by atoms with E-state index in [-0.39, 0.29) is 17.6 Å². The molecule has 1 aromatic heterocycles. The summed E-state index contributed by atoms with van der Waals surface area (Å²) in [6.07, 6.45) is 6.54. The number of anilines is 1.